The fraction of sp³-hybridized carbons (Fsp3) is 0.227. The van der Waals surface area contributed by atoms with Crippen LogP contribution in [0, 0.1) is 5.41 Å². The maximum absolute atomic E-state index is 12.4. The minimum atomic E-state index is -0.135. The summed E-state index contributed by atoms with van der Waals surface area (Å²) in [7, 11) is 1.61. The van der Waals surface area contributed by atoms with Crippen LogP contribution in [0.5, 0.6) is 5.75 Å². The molecule has 3 rings (SSSR count). The molecule has 0 radical (unpaired) electrons. The monoisotopic (exact) mass is 377 g/mol. The summed E-state index contributed by atoms with van der Waals surface area (Å²) in [6, 6.07) is 15.0. The molecule has 6 heteroatoms. The summed E-state index contributed by atoms with van der Waals surface area (Å²) >= 11 is 0. The molecule has 0 aliphatic carbocycles. The molecule has 144 valence electrons. The molecule has 0 atom stereocenters. The highest BCUT2D eigenvalue weighted by Gasteiger charge is 2.15. The molecule has 0 bridgehead atoms. The average Bonchev–Trinajstić information content (AvgIpc) is 2.74. The number of amides is 1. The molecule has 1 heterocycles. The van der Waals surface area contributed by atoms with Crippen molar-refractivity contribution in [1.29, 1.82) is 5.41 Å². The van der Waals surface area contributed by atoms with E-state index in [1.807, 2.05) is 41.3 Å². The third-order valence-electron chi connectivity index (χ3n) is 4.64. The number of ether oxygens (including phenoxy) is 1. The summed E-state index contributed by atoms with van der Waals surface area (Å²) in [6.07, 6.45) is 3.02. The van der Waals surface area contributed by atoms with Crippen molar-refractivity contribution in [2.24, 2.45) is 0 Å². The number of carbonyl (C=O) groups excluding carboxylic acids is 2. The third kappa shape index (κ3) is 4.85. The van der Waals surface area contributed by atoms with E-state index in [9.17, 15) is 9.59 Å². The van der Waals surface area contributed by atoms with Crippen molar-refractivity contribution in [3.8, 4) is 5.75 Å². The molecule has 2 aromatic carbocycles. The largest absolute Gasteiger partial charge is 0.497 e. The van der Waals surface area contributed by atoms with Gasteiger partial charge < -0.3 is 20.4 Å². The first kappa shape index (κ1) is 19.4. The van der Waals surface area contributed by atoms with E-state index >= 15 is 0 Å². The Bertz CT molecular complexity index is 903. The number of hydrogen-bond donors (Lipinski definition) is 2. The highest BCUT2D eigenvalue weighted by Crippen LogP contribution is 2.15. The molecule has 2 N–H and O–H groups in total. The molecule has 0 fully saturated rings. The fourth-order valence-electron chi connectivity index (χ4n) is 3.03. The minimum absolute atomic E-state index is 0.135. The van der Waals surface area contributed by atoms with Crippen LogP contribution in [0.3, 0.4) is 0 Å². The lowest BCUT2D eigenvalue weighted by atomic mass is 10.1. The number of methoxy groups -OCH3 is 1. The van der Waals surface area contributed by atoms with Gasteiger partial charge in [0.2, 0.25) is 0 Å². The number of nitrogens with zero attached hydrogens (tertiary/aromatic N) is 1. The number of hydrogen-bond acceptors (Lipinski definition) is 5. The highest BCUT2D eigenvalue weighted by atomic mass is 16.5. The van der Waals surface area contributed by atoms with E-state index in [1.54, 1.807) is 25.4 Å². The van der Waals surface area contributed by atoms with Crippen LogP contribution in [0.4, 0.5) is 0 Å². The second-order valence-electron chi connectivity index (χ2n) is 6.63. The lowest BCUT2D eigenvalue weighted by Crippen LogP contribution is -2.27. The topological polar surface area (TPSA) is 82.5 Å². The number of aldehydes is 1. The Labute approximate surface area is 164 Å². The Hall–Kier alpha value is -3.41. The van der Waals surface area contributed by atoms with Gasteiger partial charge in [-0.25, -0.2) is 0 Å². The van der Waals surface area contributed by atoms with Crippen LogP contribution in [0.2, 0.25) is 0 Å². The average molecular weight is 377 g/mol. The van der Waals surface area contributed by atoms with E-state index in [4.69, 9.17) is 10.1 Å². The van der Waals surface area contributed by atoms with Crippen LogP contribution < -0.4 is 10.1 Å². The standard InChI is InChI=1S/C22H23N3O3/c1-28-20-4-2-3-17(11-20)12-24-22(27)18-7-5-16(6-8-18)13-25-10-9-21(23)19(14-25)15-26/h2-8,11,14-15,23H,9-10,12-13H2,1H3,(H,24,27). The molecular formula is C22H23N3O3. The molecule has 0 spiro atoms. The van der Waals surface area contributed by atoms with Crippen LogP contribution >= 0.6 is 0 Å². The van der Waals surface area contributed by atoms with Gasteiger partial charge in [0.15, 0.2) is 6.29 Å². The molecule has 2 aromatic rings. The van der Waals surface area contributed by atoms with Crippen molar-refractivity contribution in [2.45, 2.75) is 19.5 Å². The van der Waals surface area contributed by atoms with E-state index in [0.29, 0.717) is 42.9 Å². The van der Waals surface area contributed by atoms with Crippen molar-refractivity contribution < 1.29 is 14.3 Å². The molecule has 1 aliphatic heterocycles. The van der Waals surface area contributed by atoms with E-state index in [1.165, 1.54) is 0 Å². The molecule has 1 amide bonds. The van der Waals surface area contributed by atoms with Crippen molar-refractivity contribution >= 4 is 17.9 Å². The first-order valence-electron chi connectivity index (χ1n) is 9.08. The van der Waals surface area contributed by atoms with Crippen LogP contribution in [0.25, 0.3) is 0 Å². The van der Waals surface area contributed by atoms with Crippen LogP contribution in [-0.2, 0) is 17.9 Å². The summed E-state index contributed by atoms with van der Waals surface area (Å²) in [4.78, 5) is 25.4. The van der Waals surface area contributed by atoms with Gasteiger partial charge in [0, 0.05) is 43.5 Å². The molecule has 0 aromatic heterocycles. The summed E-state index contributed by atoms with van der Waals surface area (Å²) < 4.78 is 5.19. The number of benzene rings is 2. The minimum Gasteiger partial charge on any atom is -0.497 e. The van der Waals surface area contributed by atoms with Crippen molar-refractivity contribution in [3.05, 3.63) is 77.0 Å². The first-order valence-corrected chi connectivity index (χ1v) is 9.08. The zero-order chi connectivity index (χ0) is 19.9. The van der Waals surface area contributed by atoms with E-state index in [0.717, 1.165) is 23.2 Å². The summed E-state index contributed by atoms with van der Waals surface area (Å²) in [5.41, 5.74) is 3.42. The second kappa shape index (κ2) is 8.99. The Kier molecular flexibility index (Phi) is 6.22. The highest BCUT2D eigenvalue weighted by molar-refractivity contribution is 6.13. The Balaban J connectivity index is 1.57. The van der Waals surface area contributed by atoms with Crippen LogP contribution in [0.15, 0.2) is 60.3 Å². The molecule has 1 aliphatic rings. The summed E-state index contributed by atoms with van der Waals surface area (Å²) in [5.74, 6) is 0.625. The molecule has 6 nitrogen and oxygen atoms in total. The Morgan fingerprint density at radius 2 is 2.00 bits per heavy atom. The molecule has 0 unspecified atom stereocenters. The zero-order valence-corrected chi connectivity index (χ0v) is 15.8. The summed E-state index contributed by atoms with van der Waals surface area (Å²) in [6.45, 7) is 1.77. The van der Waals surface area contributed by atoms with Gasteiger partial charge in [-0.1, -0.05) is 24.3 Å². The van der Waals surface area contributed by atoms with Gasteiger partial charge in [0.1, 0.15) is 5.75 Å². The normalized spacial score (nSPS) is 13.7. The lowest BCUT2D eigenvalue weighted by Gasteiger charge is -2.25. The maximum atomic E-state index is 12.4. The van der Waals surface area contributed by atoms with Crippen LogP contribution in [0.1, 0.15) is 27.9 Å². The Morgan fingerprint density at radius 3 is 2.71 bits per heavy atom. The van der Waals surface area contributed by atoms with Gasteiger partial charge in [-0.3, -0.25) is 9.59 Å². The maximum Gasteiger partial charge on any atom is 0.251 e. The zero-order valence-electron chi connectivity index (χ0n) is 15.8. The van der Waals surface area contributed by atoms with Gasteiger partial charge in [-0.2, -0.15) is 0 Å². The van der Waals surface area contributed by atoms with Gasteiger partial charge in [0.25, 0.3) is 5.91 Å². The SMILES string of the molecule is COc1cccc(CNC(=O)c2ccc(CN3C=C(C=O)C(=N)CC3)cc2)c1. The predicted octanol–water partition coefficient (Wildman–Crippen LogP) is 2.93. The fourth-order valence-corrected chi connectivity index (χ4v) is 3.03. The van der Waals surface area contributed by atoms with E-state index in [2.05, 4.69) is 5.32 Å². The van der Waals surface area contributed by atoms with Gasteiger partial charge in [-0.15, -0.1) is 0 Å². The van der Waals surface area contributed by atoms with Gasteiger partial charge >= 0.3 is 0 Å². The smallest absolute Gasteiger partial charge is 0.251 e. The van der Waals surface area contributed by atoms with Crippen molar-refractivity contribution in [3.63, 3.8) is 0 Å². The molecular weight excluding hydrogens is 354 g/mol. The van der Waals surface area contributed by atoms with Gasteiger partial charge in [0.05, 0.1) is 12.7 Å². The van der Waals surface area contributed by atoms with Crippen molar-refractivity contribution in [1.82, 2.24) is 10.2 Å². The number of nitrogens with one attached hydrogen (secondary N) is 2. The second-order valence-corrected chi connectivity index (χ2v) is 6.63. The number of allylic oxidation sites excluding steroid dienone is 1. The lowest BCUT2D eigenvalue weighted by molar-refractivity contribution is -0.104. The Morgan fingerprint density at radius 1 is 1.21 bits per heavy atom. The first-order chi connectivity index (χ1) is 13.6. The number of rotatable bonds is 7. The van der Waals surface area contributed by atoms with E-state index in [-0.39, 0.29) is 5.91 Å². The van der Waals surface area contributed by atoms with E-state index < -0.39 is 0 Å². The predicted molar refractivity (Wildman–Crippen MR) is 108 cm³/mol. The summed E-state index contributed by atoms with van der Waals surface area (Å²) in [5, 5.41) is 10.6. The third-order valence-corrected chi connectivity index (χ3v) is 4.64. The quantitative estimate of drug-likeness (QED) is 0.727. The molecule has 28 heavy (non-hydrogen) atoms. The van der Waals surface area contributed by atoms with Gasteiger partial charge in [-0.05, 0) is 35.4 Å². The van der Waals surface area contributed by atoms with Crippen molar-refractivity contribution in [2.75, 3.05) is 13.7 Å². The molecule has 0 saturated carbocycles. The van der Waals surface area contributed by atoms with Crippen LogP contribution in [-0.4, -0.2) is 36.5 Å². The molecule has 0 saturated heterocycles. The number of carbonyl (C=O) groups is 2.